The van der Waals surface area contributed by atoms with Gasteiger partial charge >= 0.3 is 5.97 Å². The van der Waals surface area contributed by atoms with Crippen molar-refractivity contribution in [3.8, 4) is 11.5 Å². The molecule has 2 heterocycles. The van der Waals surface area contributed by atoms with Crippen molar-refractivity contribution in [1.29, 1.82) is 0 Å². The fourth-order valence-electron chi connectivity index (χ4n) is 3.66. The van der Waals surface area contributed by atoms with E-state index < -0.39 is 0 Å². The second-order valence-electron chi connectivity index (χ2n) is 6.59. The van der Waals surface area contributed by atoms with E-state index in [2.05, 4.69) is 4.90 Å². The molecule has 0 aliphatic carbocycles. The quantitative estimate of drug-likeness (QED) is 0.564. The summed E-state index contributed by atoms with van der Waals surface area (Å²) in [7, 11) is 3.18. The number of ether oxygens (including phenoxy) is 3. The van der Waals surface area contributed by atoms with Crippen LogP contribution in [0.3, 0.4) is 0 Å². The zero-order valence-electron chi connectivity index (χ0n) is 14.7. The molecular formula is C19H27NO4. The minimum atomic E-state index is -0.257. The topological polar surface area (TPSA) is 48.0 Å². The maximum Gasteiger partial charge on any atom is 0.339 e. The zero-order valence-corrected chi connectivity index (χ0v) is 14.7. The highest BCUT2D eigenvalue weighted by molar-refractivity contribution is 5.95. The maximum absolute atomic E-state index is 12.1. The lowest BCUT2D eigenvalue weighted by Gasteiger charge is -2.26. The first kappa shape index (κ1) is 17.1. The molecule has 5 heteroatoms. The number of likely N-dealkylation sites (tertiary alicyclic amines) is 1. The van der Waals surface area contributed by atoms with E-state index in [1.807, 2.05) is 6.07 Å². The van der Waals surface area contributed by atoms with E-state index in [1.165, 1.54) is 32.4 Å². The Morgan fingerprint density at radius 3 is 2.50 bits per heavy atom. The molecule has 1 aromatic carbocycles. The molecule has 24 heavy (non-hydrogen) atoms. The third-order valence-corrected chi connectivity index (χ3v) is 5.01. The van der Waals surface area contributed by atoms with Crippen LogP contribution in [-0.2, 0) is 4.74 Å². The molecule has 5 nitrogen and oxygen atoms in total. The first-order valence-electron chi connectivity index (χ1n) is 8.92. The molecule has 1 aromatic rings. The van der Waals surface area contributed by atoms with E-state index in [0.29, 0.717) is 17.1 Å². The minimum Gasteiger partial charge on any atom is -0.493 e. The number of carbonyl (C=O) groups excluding carboxylic acids is 1. The van der Waals surface area contributed by atoms with Gasteiger partial charge in [0.2, 0.25) is 0 Å². The third-order valence-electron chi connectivity index (χ3n) is 5.01. The van der Waals surface area contributed by atoms with Gasteiger partial charge in [0.05, 0.1) is 19.8 Å². The number of methoxy groups -OCH3 is 2. The third kappa shape index (κ3) is 3.66. The highest BCUT2D eigenvalue weighted by Crippen LogP contribution is 2.40. The number of hydrogen-bond acceptors (Lipinski definition) is 5. The van der Waals surface area contributed by atoms with Crippen LogP contribution in [-0.4, -0.2) is 44.7 Å². The molecule has 0 aromatic heterocycles. The van der Waals surface area contributed by atoms with Gasteiger partial charge in [-0.15, -0.1) is 0 Å². The number of hydrogen-bond donors (Lipinski definition) is 0. The molecule has 1 fully saturated rings. The molecule has 1 atom stereocenters. The molecule has 2 aliphatic rings. The summed E-state index contributed by atoms with van der Waals surface area (Å²) in [6.45, 7) is 3.62. The average molecular weight is 333 g/mol. The van der Waals surface area contributed by atoms with Crippen molar-refractivity contribution in [2.24, 2.45) is 0 Å². The Morgan fingerprint density at radius 1 is 1.08 bits per heavy atom. The lowest BCUT2D eigenvalue weighted by molar-refractivity contribution is 0.0361. The summed E-state index contributed by atoms with van der Waals surface area (Å²) < 4.78 is 16.2. The van der Waals surface area contributed by atoms with E-state index in [4.69, 9.17) is 14.2 Å². The summed E-state index contributed by atoms with van der Waals surface area (Å²) in [5, 5.41) is 0. The number of piperidine rings is 1. The number of esters is 1. The van der Waals surface area contributed by atoms with Gasteiger partial charge in [-0.05, 0) is 63.9 Å². The summed E-state index contributed by atoms with van der Waals surface area (Å²) >= 11 is 0. The van der Waals surface area contributed by atoms with Crippen LogP contribution in [0.1, 0.15) is 60.6 Å². The largest absolute Gasteiger partial charge is 0.493 e. The Kier molecular flexibility index (Phi) is 5.61. The first-order valence-corrected chi connectivity index (χ1v) is 8.92. The van der Waals surface area contributed by atoms with Crippen molar-refractivity contribution in [3.05, 3.63) is 23.3 Å². The Bertz CT molecular complexity index is 581. The van der Waals surface area contributed by atoms with Crippen molar-refractivity contribution in [3.63, 3.8) is 0 Å². The molecule has 0 bridgehead atoms. The standard InChI is InChI=1S/C19H27NO4/c1-22-17-12-14-15(13-18(17)23-2)19(21)24-16(14)8-4-7-11-20-9-5-3-6-10-20/h12-13,16H,3-11H2,1-2H3. The Labute approximate surface area is 143 Å². The van der Waals surface area contributed by atoms with Crippen molar-refractivity contribution >= 4 is 5.97 Å². The predicted octanol–water partition coefficient (Wildman–Crippen LogP) is 3.57. The number of carbonyl (C=O) groups is 1. The van der Waals surface area contributed by atoms with Crippen LogP contribution in [0.4, 0.5) is 0 Å². The average Bonchev–Trinajstić information content (AvgIpc) is 2.93. The molecule has 1 saturated heterocycles. The minimum absolute atomic E-state index is 0.159. The van der Waals surface area contributed by atoms with Gasteiger partial charge in [0.15, 0.2) is 11.5 Å². The molecule has 0 spiro atoms. The van der Waals surface area contributed by atoms with Crippen LogP contribution in [0.5, 0.6) is 11.5 Å². The predicted molar refractivity (Wildman–Crippen MR) is 91.8 cm³/mol. The van der Waals surface area contributed by atoms with Gasteiger partial charge in [0.1, 0.15) is 6.10 Å². The van der Waals surface area contributed by atoms with Gasteiger partial charge < -0.3 is 19.1 Å². The van der Waals surface area contributed by atoms with Crippen LogP contribution < -0.4 is 9.47 Å². The summed E-state index contributed by atoms with van der Waals surface area (Å²) in [4.78, 5) is 14.6. The van der Waals surface area contributed by atoms with E-state index in [-0.39, 0.29) is 12.1 Å². The molecule has 0 saturated carbocycles. The maximum atomic E-state index is 12.1. The Morgan fingerprint density at radius 2 is 1.79 bits per heavy atom. The SMILES string of the molecule is COc1cc2c(cc1OC)C(CCCCN1CCCCC1)OC2=O. The van der Waals surface area contributed by atoms with Crippen molar-refractivity contribution in [2.75, 3.05) is 33.9 Å². The molecule has 0 radical (unpaired) electrons. The first-order chi connectivity index (χ1) is 11.7. The second kappa shape index (κ2) is 7.88. The van der Waals surface area contributed by atoms with Gasteiger partial charge in [-0.3, -0.25) is 0 Å². The summed E-state index contributed by atoms with van der Waals surface area (Å²) in [6, 6.07) is 3.61. The molecule has 3 rings (SSSR count). The fourth-order valence-corrected chi connectivity index (χ4v) is 3.66. The second-order valence-corrected chi connectivity index (χ2v) is 6.59. The van der Waals surface area contributed by atoms with Gasteiger partial charge in [0.25, 0.3) is 0 Å². The summed E-state index contributed by atoms with van der Waals surface area (Å²) in [6.07, 6.45) is 6.94. The van der Waals surface area contributed by atoms with Crippen LogP contribution in [0.2, 0.25) is 0 Å². The van der Waals surface area contributed by atoms with Gasteiger partial charge in [-0.2, -0.15) is 0 Å². The number of fused-ring (bicyclic) bond motifs is 1. The fraction of sp³-hybridized carbons (Fsp3) is 0.632. The van der Waals surface area contributed by atoms with Crippen molar-refractivity contribution in [2.45, 2.75) is 44.6 Å². The highest BCUT2D eigenvalue weighted by atomic mass is 16.5. The van der Waals surface area contributed by atoms with E-state index in [9.17, 15) is 4.79 Å². The number of cyclic esters (lactones) is 1. The number of rotatable bonds is 7. The van der Waals surface area contributed by atoms with Gasteiger partial charge in [-0.1, -0.05) is 6.42 Å². The van der Waals surface area contributed by atoms with Gasteiger partial charge in [0, 0.05) is 5.56 Å². The molecule has 0 amide bonds. The number of nitrogens with zero attached hydrogens (tertiary/aromatic N) is 1. The van der Waals surface area contributed by atoms with Crippen LogP contribution in [0.15, 0.2) is 12.1 Å². The lowest BCUT2D eigenvalue weighted by Crippen LogP contribution is -2.30. The van der Waals surface area contributed by atoms with Crippen LogP contribution in [0.25, 0.3) is 0 Å². The highest BCUT2D eigenvalue weighted by Gasteiger charge is 2.32. The number of unbranched alkanes of at least 4 members (excludes halogenated alkanes) is 1. The monoisotopic (exact) mass is 333 g/mol. The lowest BCUT2D eigenvalue weighted by atomic mass is 10.00. The smallest absolute Gasteiger partial charge is 0.339 e. The van der Waals surface area contributed by atoms with E-state index >= 15 is 0 Å². The van der Waals surface area contributed by atoms with E-state index in [0.717, 1.165) is 31.4 Å². The molecule has 2 aliphatic heterocycles. The van der Waals surface area contributed by atoms with Gasteiger partial charge in [-0.25, -0.2) is 4.79 Å². The van der Waals surface area contributed by atoms with Crippen molar-refractivity contribution in [1.82, 2.24) is 4.90 Å². The van der Waals surface area contributed by atoms with E-state index in [1.54, 1.807) is 20.3 Å². The Hall–Kier alpha value is -1.75. The van der Waals surface area contributed by atoms with Crippen LogP contribution >= 0.6 is 0 Å². The molecule has 0 N–H and O–H groups in total. The zero-order chi connectivity index (χ0) is 16.9. The summed E-state index contributed by atoms with van der Waals surface area (Å²) in [5.41, 5.74) is 1.53. The normalized spacial score (nSPS) is 20.6. The number of benzene rings is 1. The molecule has 1 unspecified atom stereocenters. The molecule has 132 valence electrons. The Balaban J connectivity index is 1.57. The summed E-state index contributed by atoms with van der Waals surface area (Å²) in [5.74, 6) is 0.957. The van der Waals surface area contributed by atoms with Crippen molar-refractivity contribution < 1.29 is 19.0 Å². The van der Waals surface area contributed by atoms with Crippen LogP contribution in [0, 0.1) is 0 Å². The molecular weight excluding hydrogens is 306 g/mol.